The zero-order valence-electron chi connectivity index (χ0n) is 17.3. The van der Waals surface area contributed by atoms with E-state index in [9.17, 15) is 4.79 Å². The van der Waals surface area contributed by atoms with Gasteiger partial charge in [-0.2, -0.15) is 0 Å². The van der Waals surface area contributed by atoms with E-state index in [0.717, 1.165) is 21.5 Å². The maximum Gasteiger partial charge on any atom is 0.260 e. The van der Waals surface area contributed by atoms with E-state index < -0.39 is 0 Å². The van der Waals surface area contributed by atoms with Gasteiger partial charge in [0.1, 0.15) is 13.2 Å². The van der Waals surface area contributed by atoms with Gasteiger partial charge in [0.25, 0.3) is 5.91 Å². The molecule has 0 fully saturated rings. The minimum atomic E-state index is -0.156. The molecule has 2 aromatic heterocycles. The van der Waals surface area contributed by atoms with Gasteiger partial charge in [0.15, 0.2) is 16.6 Å². The number of nitrogens with zero attached hydrogens (tertiary/aromatic N) is 3. The number of thiazole rings is 1. The highest BCUT2D eigenvalue weighted by Gasteiger charge is 2.24. The number of aryl methyl sites for hydroxylation is 2. The van der Waals surface area contributed by atoms with Crippen molar-refractivity contribution in [3.05, 3.63) is 77.1 Å². The van der Waals surface area contributed by atoms with Crippen LogP contribution < -0.4 is 14.4 Å². The molecule has 5 rings (SSSR count). The minimum absolute atomic E-state index is 0.156. The smallest absolute Gasteiger partial charge is 0.260 e. The molecule has 4 aromatic rings. The molecule has 0 spiro atoms. The van der Waals surface area contributed by atoms with Gasteiger partial charge in [-0.25, -0.2) is 4.98 Å². The van der Waals surface area contributed by atoms with E-state index in [4.69, 9.17) is 14.5 Å². The fourth-order valence-electron chi connectivity index (χ4n) is 3.69. The second-order valence-corrected chi connectivity index (χ2v) is 8.50. The monoisotopic (exact) mass is 431 g/mol. The zero-order valence-corrected chi connectivity index (χ0v) is 18.1. The molecule has 0 radical (unpaired) electrons. The molecule has 2 aromatic carbocycles. The largest absolute Gasteiger partial charge is 0.486 e. The molecule has 1 aliphatic rings. The molecule has 0 unspecified atom stereocenters. The fraction of sp³-hybridized carbons (Fsp3) is 0.208. The number of hydrogen-bond donors (Lipinski definition) is 0. The first-order valence-electron chi connectivity index (χ1n) is 10.1. The number of hydrogen-bond acceptors (Lipinski definition) is 6. The molecule has 3 heterocycles. The van der Waals surface area contributed by atoms with E-state index >= 15 is 0 Å². The lowest BCUT2D eigenvalue weighted by atomic mass is 10.1. The molecule has 156 valence electrons. The average Bonchev–Trinajstić information content (AvgIpc) is 3.21. The molecule has 1 amide bonds. The Morgan fingerprint density at radius 3 is 2.71 bits per heavy atom. The van der Waals surface area contributed by atoms with E-state index in [-0.39, 0.29) is 5.91 Å². The van der Waals surface area contributed by atoms with Gasteiger partial charge in [0.05, 0.1) is 22.5 Å². The molecule has 0 saturated carbocycles. The van der Waals surface area contributed by atoms with Crippen molar-refractivity contribution in [3.63, 3.8) is 0 Å². The van der Waals surface area contributed by atoms with Crippen molar-refractivity contribution in [2.75, 3.05) is 18.1 Å². The van der Waals surface area contributed by atoms with Crippen LogP contribution in [0.1, 0.15) is 27.2 Å². The van der Waals surface area contributed by atoms with Gasteiger partial charge in [-0.1, -0.05) is 23.5 Å². The molecule has 0 saturated heterocycles. The first kappa shape index (κ1) is 19.5. The van der Waals surface area contributed by atoms with Crippen LogP contribution in [0.25, 0.3) is 10.2 Å². The Labute approximate surface area is 184 Å². The lowest BCUT2D eigenvalue weighted by molar-refractivity contribution is 0.0983. The average molecular weight is 432 g/mol. The molecule has 6 nitrogen and oxygen atoms in total. The topological polar surface area (TPSA) is 64.6 Å². The van der Waals surface area contributed by atoms with Crippen molar-refractivity contribution in [2.24, 2.45) is 0 Å². The van der Waals surface area contributed by atoms with E-state index in [1.165, 1.54) is 16.9 Å². The summed E-state index contributed by atoms with van der Waals surface area (Å²) in [7, 11) is 0. The Kier molecular flexibility index (Phi) is 5.03. The Morgan fingerprint density at radius 1 is 1.06 bits per heavy atom. The second kappa shape index (κ2) is 8.00. The van der Waals surface area contributed by atoms with E-state index in [2.05, 4.69) is 24.0 Å². The summed E-state index contributed by atoms with van der Waals surface area (Å²) in [4.78, 5) is 24.6. The predicted molar refractivity (Wildman–Crippen MR) is 121 cm³/mol. The Morgan fingerprint density at radius 2 is 1.90 bits per heavy atom. The third-order valence-corrected chi connectivity index (χ3v) is 6.16. The minimum Gasteiger partial charge on any atom is -0.486 e. The second-order valence-electron chi connectivity index (χ2n) is 7.50. The number of fused-ring (bicyclic) bond motifs is 2. The summed E-state index contributed by atoms with van der Waals surface area (Å²) in [6, 6.07) is 15.2. The third-order valence-electron chi connectivity index (χ3n) is 5.13. The lowest BCUT2D eigenvalue weighted by Crippen LogP contribution is -2.31. The van der Waals surface area contributed by atoms with Crippen molar-refractivity contribution in [3.8, 4) is 11.5 Å². The van der Waals surface area contributed by atoms with Gasteiger partial charge in [0, 0.05) is 11.8 Å². The maximum atomic E-state index is 13.6. The normalized spacial score (nSPS) is 12.7. The Bertz CT molecular complexity index is 1270. The van der Waals surface area contributed by atoms with E-state index in [1.54, 1.807) is 29.3 Å². The number of rotatable bonds is 4. The molecule has 31 heavy (non-hydrogen) atoms. The number of carbonyl (C=O) groups excluding carboxylic acids is 1. The van der Waals surface area contributed by atoms with E-state index in [0.29, 0.717) is 42.0 Å². The standard InChI is InChI=1S/C24H21N3O3S/c1-15-11-16(2)22-21(12-15)31-24(26-22)27(14-18-5-3-4-8-25-18)23(28)17-6-7-19-20(13-17)30-10-9-29-19/h3-8,11-13H,9-10,14H2,1-2H3. The summed E-state index contributed by atoms with van der Waals surface area (Å²) in [5, 5.41) is 0.647. The van der Waals surface area contributed by atoms with Gasteiger partial charge in [0.2, 0.25) is 0 Å². The van der Waals surface area contributed by atoms with Crippen LogP contribution in [0.2, 0.25) is 0 Å². The molecule has 0 bridgehead atoms. The quantitative estimate of drug-likeness (QED) is 0.459. The molecule has 0 atom stereocenters. The highest BCUT2D eigenvalue weighted by atomic mass is 32.1. The number of anilines is 1. The number of pyridine rings is 1. The molecule has 0 aliphatic carbocycles. The summed E-state index contributed by atoms with van der Waals surface area (Å²) in [6.07, 6.45) is 1.73. The van der Waals surface area contributed by atoms with Crippen LogP contribution in [0.5, 0.6) is 11.5 Å². The lowest BCUT2D eigenvalue weighted by Gasteiger charge is -2.22. The molecule has 7 heteroatoms. The summed E-state index contributed by atoms with van der Waals surface area (Å²) >= 11 is 1.52. The highest BCUT2D eigenvalue weighted by Crippen LogP contribution is 2.35. The van der Waals surface area contributed by atoms with Gasteiger partial charge in [-0.05, 0) is 61.4 Å². The maximum absolute atomic E-state index is 13.6. The fourth-order valence-corrected chi connectivity index (χ4v) is 4.83. The number of amides is 1. The van der Waals surface area contributed by atoms with Crippen molar-refractivity contribution in [1.29, 1.82) is 0 Å². The van der Waals surface area contributed by atoms with Crippen LogP contribution >= 0.6 is 11.3 Å². The molecular weight excluding hydrogens is 410 g/mol. The van der Waals surface area contributed by atoms with Crippen molar-refractivity contribution >= 4 is 32.6 Å². The van der Waals surface area contributed by atoms with Gasteiger partial charge < -0.3 is 9.47 Å². The first-order valence-corrected chi connectivity index (χ1v) is 10.9. The van der Waals surface area contributed by atoms with Crippen LogP contribution in [0.15, 0.2) is 54.7 Å². The predicted octanol–water partition coefficient (Wildman–Crippen LogP) is 4.93. The Hall–Kier alpha value is -3.45. The number of carbonyl (C=O) groups is 1. The number of ether oxygens (including phenoxy) is 2. The van der Waals surface area contributed by atoms with Crippen LogP contribution in [-0.2, 0) is 6.54 Å². The molecule has 1 aliphatic heterocycles. The van der Waals surface area contributed by atoms with Crippen molar-refractivity contribution in [1.82, 2.24) is 9.97 Å². The SMILES string of the molecule is Cc1cc(C)c2nc(N(Cc3ccccn3)C(=O)c3ccc4c(c3)OCCO4)sc2c1. The summed E-state index contributed by atoms with van der Waals surface area (Å²) in [6.45, 7) is 5.42. The van der Waals surface area contributed by atoms with Crippen LogP contribution in [0, 0.1) is 13.8 Å². The van der Waals surface area contributed by atoms with Crippen LogP contribution in [0.4, 0.5) is 5.13 Å². The van der Waals surface area contributed by atoms with Gasteiger partial charge >= 0.3 is 0 Å². The van der Waals surface area contributed by atoms with Crippen molar-refractivity contribution in [2.45, 2.75) is 20.4 Å². The first-order chi connectivity index (χ1) is 15.1. The zero-order chi connectivity index (χ0) is 21.4. The third kappa shape index (κ3) is 3.84. The summed E-state index contributed by atoms with van der Waals surface area (Å²) in [5.74, 6) is 1.09. The summed E-state index contributed by atoms with van der Waals surface area (Å²) < 4.78 is 12.3. The number of benzene rings is 2. The summed E-state index contributed by atoms with van der Waals surface area (Å²) in [5.41, 5.74) is 4.51. The Balaban J connectivity index is 1.57. The van der Waals surface area contributed by atoms with Crippen LogP contribution in [-0.4, -0.2) is 29.1 Å². The number of aromatic nitrogens is 2. The van der Waals surface area contributed by atoms with Gasteiger partial charge in [-0.15, -0.1) is 0 Å². The van der Waals surface area contributed by atoms with Gasteiger partial charge in [-0.3, -0.25) is 14.7 Å². The van der Waals surface area contributed by atoms with Crippen molar-refractivity contribution < 1.29 is 14.3 Å². The molecule has 0 N–H and O–H groups in total. The van der Waals surface area contributed by atoms with Crippen LogP contribution in [0.3, 0.4) is 0 Å². The highest BCUT2D eigenvalue weighted by molar-refractivity contribution is 7.22. The molecular formula is C24H21N3O3S. The van der Waals surface area contributed by atoms with E-state index in [1.807, 2.05) is 25.1 Å².